The zero-order chi connectivity index (χ0) is 12.7. The number of halogens is 1. The van der Waals surface area contributed by atoms with Gasteiger partial charge in [0.05, 0.1) is 12.5 Å². The zero-order valence-corrected chi connectivity index (χ0v) is 11.1. The second-order valence-corrected chi connectivity index (χ2v) is 4.67. The van der Waals surface area contributed by atoms with E-state index < -0.39 is 0 Å². The SMILES string of the molecule is CC(C)CN(CCC#N)c1ccc(CCl)cn1. The Morgan fingerprint density at radius 1 is 1.47 bits per heavy atom. The molecule has 0 N–H and O–H groups in total. The summed E-state index contributed by atoms with van der Waals surface area (Å²) in [7, 11) is 0. The summed E-state index contributed by atoms with van der Waals surface area (Å²) in [5.74, 6) is 1.95. The van der Waals surface area contributed by atoms with Gasteiger partial charge in [0, 0.05) is 25.2 Å². The fourth-order valence-corrected chi connectivity index (χ4v) is 1.77. The number of nitrogens with zero attached hydrogens (tertiary/aromatic N) is 3. The Kier molecular flexibility index (Phi) is 5.79. The largest absolute Gasteiger partial charge is 0.355 e. The third kappa shape index (κ3) is 4.62. The second-order valence-electron chi connectivity index (χ2n) is 4.41. The molecule has 1 aromatic rings. The first-order valence-corrected chi connectivity index (χ1v) is 6.33. The van der Waals surface area contributed by atoms with E-state index in [0.717, 1.165) is 24.5 Å². The van der Waals surface area contributed by atoms with Gasteiger partial charge in [0.25, 0.3) is 0 Å². The average molecular weight is 252 g/mol. The van der Waals surface area contributed by atoms with Crippen LogP contribution in [0.1, 0.15) is 25.8 Å². The van der Waals surface area contributed by atoms with Crippen LogP contribution in [0.3, 0.4) is 0 Å². The Morgan fingerprint density at radius 2 is 2.24 bits per heavy atom. The number of nitriles is 1. The highest BCUT2D eigenvalue weighted by molar-refractivity contribution is 6.17. The summed E-state index contributed by atoms with van der Waals surface area (Å²) in [5, 5.41) is 8.66. The van der Waals surface area contributed by atoms with Gasteiger partial charge in [-0.05, 0) is 17.5 Å². The van der Waals surface area contributed by atoms with Crippen LogP contribution >= 0.6 is 11.6 Å². The Morgan fingerprint density at radius 3 is 2.71 bits per heavy atom. The van der Waals surface area contributed by atoms with E-state index >= 15 is 0 Å². The number of alkyl halides is 1. The molecule has 0 aliphatic rings. The van der Waals surface area contributed by atoms with Crippen molar-refractivity contribution < 1.29 is 0 Å². The lowest BCUT2D eigenvalue weighted by atomic mass is 10.2. The van der Waals surface area contributed by atoms with Crippen LogP contribution in [0.4, 0.5) is 5.82 Å². The molecular formula is C13H18ClN3. The first-order chi connectivity index (χ1) is 8.17. The van der Waals surface area contributed by atoms with E-state index in [4.69, 9.17) is 16.9 Å². The first-order valence-electron chi connectivity index (χ1n) is 5.80. The fourth-order valence-electron chi connectivity index (χ4n) is 1.61. The molecule has 0 aromatic carbocycles. The Hall–Kier alpha value is -1.27. The van der Waals surface area contributed by atoms with Gasteiger partial charge < -0.3 is 4.90 Å². The number of rotatable bonds is 6. The lowest BCUT2D eigenvalue weighted by molar-refractivity contribution is 0.607. The number of hydrogen-bond donors (Lipinski definition) is 0. The molecule has 17 heavy (non-hydrogen) atoms. The molecular weight excluding hydrogens is 234 g/mol. The van der Waals surface area contributed by atoms with Gasteiger partial charge in [-0.25, -0.2) is 4.98 Å². The Bertz CT molecular complexity index is 367. The van der Waals surface area contributed by atoms with Crippen LogP contribution in [0.15, 0.2) is 18.3 Å². The lowest BCUT2D eigenvalue weighted by Gasteiger charge is -2.24. The highest BCUT2D eigenvalue weighted by Gasteiger charge is 2.09. The standard InChI is InChI=1S/C13H18ClN3/c1-11(2)10-17(7-3-6-15)13-5-4-12(8-14)9-16-13/h4-5,9,11H,3,7-8,10H2,1-2H3. The minimum absolute atomic E-state index is 0.482. The van der Waals surface area contributed by atoms with Crippen molar-refractivity contribution in [1.82, 2.24) is 4.98 Å². The maximum absolute atomic E-state index is 8.66. The summed E-state index contributed by atoms with van der Waals surface area (Å²) in [6.07, 6.45) is 2.31. The number of pyridine rings is 1. The van der Waals surface area contributed by atoms with Gasteiger partial charge in [-0.3, -0.25) is 0 Å². The van der Waals surface area contributed by atoms with E-state index in [-0.39, 0.29) is 0 Å². The number of hydrogen-bond acceptors (Lipinski definition) is 3. The van der Waals surface area contributed by atoms with Crippen LogP contribution in [0, 0.1) is 17.2 Å². The number of anilines is 1. The lowest BCUT2D eigenvalue weighted by Crippen LogP contribution is -2.29. The quantitative estimate of drug-likeness (QED) is 0.729. The van der Waals surface area contributed by atoms with Crippen LogP contribution in [0.25, 0.3) is 0 Å². The molecule has 0 amide bonds. The van der Waals surface area contributed by atoms with Gasteiger partial charge in [0.2, 0.25) is 0 Å². The summed E-state index contributed by atoms with van der Waals surface area (Å²) in [6, 6.07) is 6.12. The van der Waals surface area contributed by atoms with Gasteiger partial charge in [-0.2, -0.15) is 5.26 Å². The molecule has 3 nitrogen and oxygen atoms in total. The van der Waals surface area contributed by atoms with Crippen LogP contribution < -0.4 is 4.90 Å². The molecule has 0 spiro atoms. The van der Waals surface area contributed by atoms with E-state index in [1.165, 1.54) is 0 Å². The molecule has 0 atom stereocenters. The Labute approximate surface area is 108 Å². The maximum atomic E-state index is 8.66. The summed E-state index contributed by atoms with van der Waals surface area (Å²) in [4.78, 5) is 6.53. The van der Waals surface area contributed by atoms with Crippen LogP contribution in [-0.2, 0) is 5.88 Å². The summed E-state index contributed by atoms with van der Waals surface area (Å²) in [5.41, 5.74) is 1.01. The molecule has 0 bridgehead atoms. The van der Waals surface area contributed by atoms with Crippen LogP contribution in [0.5, 0.6) is 0 Å². The molecule has 92 valence electrons. The Balaban J connectivity index is 2.76. The predicted octanol–water partition coefficient (Wildman–Crippen LogP) is 3.20. The van der Waals surface area contributed by atoms with Crippen molar-refractivity contribution in [1.29, 1.82) is 5.26 Å². The summed E-state index contributed by atoms with van der Waals surface area (Å²) < 4.78 is 0. The minimum Gasteiger partial charge on any atom is -0.355 e. The molecule has 0 unspecified atom stereocenters. The molecule has 0 radical (unpaired) electrons. The van der Waals surface area contributed by atoms with Crippen molar-refractivity contribution in [2.75, 3.05) is 18.0 Å². The third-order valence-electron chi connectivity index (χ3n) is 2.37. The van der Waals surface area contributed by atoms with Crippen molar-refractivity contribution in [2.45, 2.75) is 26.1 Å². The molecule has 0 aliphatic carbocycles. The van der Waals surface area contributed by atoms with Crippen LogP contribution in [0.2, 0.25) is 0 Å². The smallest absolute Gasteiger partial charge is 0.128 e. The van der Waals surface area contributed by atoms with Gasteiger partial charge in [-0.15, -0.1) is 11.6 Å². The molecule has 4 heteroatoms. The number of aromatic nitrogens is 1. The normalized spacial score (nSPS) is 10.3. The molecule has 0 saturated carbocycles. The van der Waals surface area contributed by atoms with E-state index in [1.54, 1.807) is 6.20 Å². The predicted molar refractivity (Wildman–Crippen MR) is 71.1 cm³/mol. The van der Waals surface area contributed by atoms with Crippen molar-refractivity contribution in [3.05, 3.63) is 23.9 Å². The molecule has 1 aromatic heterocycles. The van der Waals surface area contributed by atoms with E-state index in [9.17, 15) is 0 Å². The van der Waals surface area contributed by atoms with Crippen molar-refractivity contribution in [2.24, 2.45) is 5.92 Å². The van der Waals surface area contributed by atoms with Crippen molar-refractivity contribution >= 4 is 17.4 Å². The molecule has 1 heterocycles. The topological polar surface area (TPSA) is 39.9 Å². The van der Waals surface area contributed by atoms with Crippen molar-refractivity contribution in [3.8, 4) is 6.07 Å². The third-order valence-corrected chi connectivity index (χ3v) is 2.68. The van der Waals surface area contributed by atoms with E-state index in [1.807, 2.05) is 12.1 Å². The van der Waals surface area contributed by atoms with Crippen molar-refractivity contribution in [3.63, 3.8) is 0 Å². The fraction of sp³-hybridized carbons (Fsp3) is 0.538. The molecule has 0 fully saturated rings. The molecule has 0 saturated heterocycles. The molecule has 0 aliphatic heterocycles. The average Bonchev–Trinajstić information content (AvgIpc) is 2.34. The van der Waals surface area contributed by atoms with E-state index in [2.05, 4.69) is 29.8 Å². The monoisotopic (exact) mass is 251 g/mol. The minimum atomic E-state index is 0.482. The summed E-state index contributed by atoms with van der Waals surface area (Å²) in [6.45, 7) is 5.95. The van der Waals surface area contributed by atoms with Gasteiger partial charge >= 0.3 is 0 Å². The highest BCUT2D eigenvalue weighted by atomic mass is 35.5. The maximum Gasteiger partial charge on any atom is 0.128 e. The van der Waals surface area contributed by atoms with Gasteiger partial charge in [-0.1, -0.05) is 19.9 Å². The van der Waals surface area contributed by atoms with Crippen LogP contribution in [-0.4, -0.2) is 18.1 Å². The summed E-state index contributed by atoms with van der Waals surface area (Å²) >= 11 is 5.73. The van der Waals surface area contributed by atoms with E-state index in [0.29, 0.717) is 18.2 Å². The van der Waals surface area contributed by atoms with Gasteiger partial charge in [0.1, 0.15) is 5.82 Å². The zero-order valence-electron chi connectivity index (χ0n) is 10.4. The second kappa shape index (κ2) is 7.13. The first kappa shape index (κ1) is 13.8. The molecule has 1 rings (SSSR count). The van der Waals surface area contributed by atoms with Gasteiger partial charge in [0.15, 0.2) is 0 Å². The highest BCUT2D eigenvalue weighted by Crippen LogP contribution is 2.14.